The van der Waals surface area contributed by atoms with Gasteiger partial charge in [0, 0.05) is 0 Å². The summed E-state index contributed by atoms with van der Waals surface area (Å²) in [7, 11) is -34.2. The molecule has 0 bridgehead atoms. The van der Waals surface area contributed by atoms with Gasteiger partial charge in [0.1, 0.15) is 0 Å². The largest absolute Gasteiger partial charge is 2.00 e. The number of hydrogen-bond donors (Lipinski definition) is 8. The zero-order valence-corrected chi connectivity index (χ0v) is 29.5. The zero-order chi connectivity index (χ0) is 27.1. The SMILES string of the molecule is O=[Si]([O-])OP(=O)(O)O.O=[Si]([O-])OP(=O)(O)O.O=[Si]([O-])OP(=O)(O)O.O=[Si]([O-])OP(=O)(O)O.[Ba+2].[Ca+2]. The van der Waals surface area contributed by atoms with Crippen molar-refractivity contribution in [2.45, 2.75) is 0 Å². The molecule has 34 heavy (non-hydrogen) atoms. The van der Waals surface area contributed by atoms with E-state index >= 15 is 0 Å². The molecule has 0 saturated heterocycles. The third-order valence-electron chi connectivity index (χ3n) is 0.774. The van der Waals surface area contributed by atoms with Crippen molar-refractivity contribution >= 4 is 155 Å². The van der Waals surface area contributed by atoms with Crippen LogP contribution in [0.3, 0.4) is 0 Å². The number of phosphoric acid groups is 4. The maximum Gasteiger partial charge on any atom is 2.00 e. The van der Waals surface area contributed by atoms with Gasteiger partial charge in [-0.05, 0) is 0 Å². The van der Waals surface area contributed by atoms with Gasteiger partial charge in [-0.3, -0.25) is 0 Å². The molecule has 0 spiro atoms. The smallest absolute Gasteiger partial charge is 0.499 e. The van der Waals surface area contributed by atoms with E-state index < -0.39 is 68.0 Å². The second-order valence-corrected chi connectivity index (χ2v) is 12.2. The van der Waals surface area contributed by atoms with E-state index in [1.54, 1.807) is 0 Å². The average molecular weight is 806 g/mol. The van der Waals surface area contributed by atoms with Crippen LogP contribution < -0.4 is 19.2 Å². The molecule has 0 aromatic carbocycles. The molecule has 0 rings (SSSR count). The first-order valence-electron chi connectivity index (χ1n) is 5.51. The first-order chi connectivity index (χ1) is 13.7. The van der Waals surface area contributed by atoms with E-state index in [2.05, 4.69) is 16.9 Å². The molecule has 192 valence electrons. The zero-order valence-electron chi connectivity index (χ0n) is 15.3. The van der Waals surface area contributed by atoms with Crippen LogP contribution in [0.15, 0.2) is 0 Å². The fraction of sp³-hybridized carbons (Fsp3) is 0. The molecule has 34 heteroatoms. The van der Waals surface area contributed by atoms with Crippen molar-refractivity contribution in [1.29, 1.82) is 0 Å². The Bertz CT molecular complexity index is 675. The molecule has 0 radical (unpaired) electrons. The fourth-order valence-corrected chi connectivity index (χ4v) is 3.50. The van der Waals surface area contributed by atoms with Gasteiger partial charge in [0.15, 0.2) is 0 Å². The molecule has 0 aliphatic heterocycles. The van der Waals surface area contributed by atoms with Crippen LogP contribution in [0.4, 0.5) is 0 Å². The van der Waals surface area contributed by atoms with Gasteiger partial charge in [-0.15, -0.1) is 0 Å². The van der Waals surface area contributed by atoms with E-state index in [9.17, 15) is 55.3 Å². The Hall–Kier alpha value is 1.90. The summed E-state index contributed by atoms with van der Waals surface area (Å²) in [4.78, 5) is 99.1. The molecule has 0 aliphatic carbocycles. The minimum atomic E-state index is -4.80. The second kappa shape index (κ2) is 22.8. The Kier molecular flexibility index (Phi) is 32.9. The summed E-state index contributed by atoms with van der Waals surface area (Å²) in [6.07, 6.45) is 0. The predicted octanol–water partition coefficient (Wildman–Crippen LogP) is -9.28. The minimum absolute atomic E-state index is 0. The molecule has 0 aromatic heterocycles. The summed E-state index contributed by atoms with van der Waals surface area (Å²) in [5.74, 6) is 0. The second-order valence-electron chi connectivity index (χ2n) is 3.33. The van der Waals surface area contributed by atoms with Crippen LogP contribution in [-0.4, -0.2) is 162 Å². The van der Waals surface area contributed by atoms with Crippen molar-refractivity contribution in [1.82, 2.24) is 0 Å². The summed E-state index contributed by atoms with van der Waals surface area (Å²) in [6, 6.07) is 0. The summed E-state index contributed by atoms with van der Waals surface area (Å²) in [5.41, 5.74) is 0. The molecule has 24 nitrogen and oxygen atoms in total. The minimum Gasteiger partial charge on any atom is -0.499 e. The average Bonchev–Trinajstić information content (AvgIpc) is 2.26. The van der Waals surface area contributed by atoms with Crippen LogP contribution in [0.1, 0.15) is 0 Å². The molecule has 0 fully saturated rings. The maximum absolute atomic E-state index is 9.54. The fourth-order valence-electron chi connectivity index (χ4n) is 0.388. The van der Waals surface area contributed by atoms with Gasteiger partial charge >= 0.3 is 155 Å². The molecule has 0 amide bonds. The molecule has 0 heterocycles. The molecule has 0 atom stereocenters. The quantitative estimate of drug-likeness (QED) is 0.0834. The van der Waals surface area contributed by atoms with Gasteiger partial charge in [0.25, 0.3) is 0 Å². The number of hydrogen-bond acceptors (Lipinski definition) is 16. The molecular formula is H8BaCaO24P4Si4. The van der Waals surface area contributed by atoms with Gasteiger partial charge in [-0.1, -0.05) is 0 Å². The van der Waals surface area contributed by atoms with E-state index in [-0.39, 0.29) is 86.6 Å². The summed E-state index contributed by atoms with van der Waals surface area (Å²) < 4.78 is 88.0. The Balaban J connectivity index is -0.0000000754. The Morgan fingerprint density at radius 3 is 0.529 bits per heavy atom. The summed E-state index contributed by atoms with van der Waals surface area (Å²) >= 11 is 0. The summed E-state index contributed by atoms with van der Waals surface area (Å²) in [6.45, 7) is 0. The molecular weight excluding hydrogens is 798 g/mol. The van der Waals surface area contributed by atoms with Crippen molar-refractivity contribution in [3.63, 3.8) is 0 Å². The maximum atomic E-state index is 9.54. The van der Waals surface area contributed by atoms with E-state index in [1.165, 1.54) is 0 Å². The molecule has 0 aromatic rings. The van der Waals surface area contributed by atoms with Gasteiger partial charge < -0.3 is 93.0 Å². The van der Waals surface area contributed by atoms with E-state index in [4.69, 9.17) is 39.1 Å². The Labute approximate surface area is 262 Å². The van der Waals surface area contributed by atoms with E-state index in [0.29, 0.717) is 0 Å². The van der Waals surface area contributed by atoms with Gasteiger partial charge in [-0.2, -0.15) is 0 Å². The van der Waals surface area contributed by atoms with Crippen LogP contribution in [0.5, 0.6) is 0 Å². The molecule has 8 N–H and O–H groups in total. The van der Waals surface area contributed by atoms with Crippen molar-refractivity contribution in [3.8, 4) is 0 Å². The first-order valence-corrected chi connectivity index (χ1v) is 16.5. The van der Waals surface area contributed by atoms with Crippen molar-refractivity contribution in [2.24, 2.45) is 0 Å². The van der Waals surface area contributed by atoms with E-state index in [1.807, 2.05) is 0 Å². The standard InChI is InChI=1S/Ba.Ca.4H2O6PSi/c;;4*1-7(2,3)6-8(4)5/h;;4*(H2,1,2,3)/q2*+2;4*-1. The van der Waals surface area contributed by atoms with Crippen molar-refractivity contribution in [3.05, 3.63) is 0 Å². The molecule has 0 unspecified atom stereocenters. The van der Waals surface area contributed by atoms with Gasteiger partial charge in [0.2, 0.25) is 0 Å². The molecule has 0 saturated carbocycles. The van der Waals surface area contributed by atoms with Gasteiger partial charge in [-0.25, -0.2) is 18.3 Å². The third-order valence-corrected chi connectivity index (χ3v) is 6.96. The van der Waals surface area contributed by atoms with Crippen LogP contribution in [-0.2, 0) is 53.0 Å². The van der Waals surface area contributed by atoms with Crippen LogP contribution in [0.25, 0.3) is 0 Å². The Morgan fingerprint density at radius 1 is 0.441 bits per heavy atom. The van der Waals surface area contributed by atoms with Crippen LogP contribution >= 0.6 is 31.3 Å². The van der Waals surface area contributed by atoms with Crippen LogP contribution in [0, 0.1) is 0 Å². The van der Waals surface area contributed by atoms with Gasteiger partial charge in [0.05, 0.1) is 0 Å². The normalized spacial score (nSPS) is 10.1. The Morgan fingerprint density at radius 2 is 0.529 bits per heavy atom. The number of rotatable bonds is 8. The summed E-state index contributed by atoms with van der Waals surface area (Å²) in [5, 5.41) is 0. The monoisotopic (exact) mass is 806 g/mol. The van der Waals surface area contributed by atoms with Crippen molar-refractivity contribution < 1.29 is 111 Å². The first kappa shape index (κ1) is 48.9. The predicted molar refractivity (Wildman–Crippen MR) is 89.8 cm³/mol. The molecule has 0 aliphatic rings. The van der Waals surface area contributed by atoms with Crippen LogP contribution in [0.2, 0.25) is 0 Å². The van der Waals surface area contributed by atoms with Crippen molar-refractivity contribution in [2.75, 3.05) is 0 Å². The third kappa shape index (κ3) is 76.5. The topological polar surface area (TPSA) is 428 Å². The van der Waals surface area contributed by atoms with E-state index in [0.717, 1.165) is 0 Å².